The van der Waals surface area contributed by atoms with Gasteiger partial charge >= 0.3 is 0 Å². The van der Waals surface area contributed by atoms with Gasteiger partial charge in [-0.15, -0.1) is 0 Å². The van der Waals surface area contributed by atoms with Gasteiger partial charge in [0.05, 0.1) is 0 Å². The zero-order valence-electron chi connectivity index (χ0n) is 9.15. The third-order valence-corrected chi connectivity index (χ3v) is 4.01. The summed E-state index contributed by atoms with van der Waals surface area (Å²) in [6.07, 6.45) is 0. The molecule has 1 heterocycles. The molecule has 1 aliphatic heterocycles. The summed E-state index contributed by atoms with van der Waals surface area (Å²) in [4.78, 5) is 2.45. The van der Waals surface area contributed by atoms with E-state index in [1.54, 1.807) is 0 Å². The molecule has 0 aromatic heterocycles. The van der Waals surface area contributed by atoms with Crippen molar-refractivity contribution in [2.45, 2.75) is 13.0 Å². The van der Waals surface area contributed by atoms with Crippen molar-refractivity contribution in [3.05, 3.63) is 29.8 Å². The zero-order chi connectivity index (χ0) is 10.7. The summed E-state index contributed by atoms with van der Waals surface area (Å²) < 4.78 is 0. The summed E-state index contributed by atoms with van der Waals surface area (Å²) in [6.45, 7) is 3.84. The predicted octanol–water partition coefficient (Wildman–Crippen LogP) is 1.88. The van der Waals surface area contributed by atoms with E-state index in [1.807, 2.05) is 11.8 Å². The highest BCUT2D eigenvalue weighted by molar-refractivity contribution is 8.00. The maximum Gasteiger partial charge on any atom is 0.0471 e. The normalized spacial score (nSPS) is 16.1. The highest BCUT2D eigenvalue weighted by Crippen LogP contribution is 2.28. The minimum absolute atomic E-state index is 0.695. The summed E-state index contributed by atoms with van der Waals surface area (Å²) in [6, 6.07) is 9.39. The van der Waals surface area contributed by atoms with Crippen molar-refractivity contribution < 1.29 is 0 Å². The lowest BCUT2D eigenvalue weighted by atomic mass is 10.1. The Morgan fingerprint density at radius 3 is 2.80 bits per heavy atom. The van der Waals surface area contributed by atoms with Gasteiger partial charge in [-0.3, -0.25) is 0 Å². The molecule has 0 unspecified atom stereocenters. The van der Waals surface area contributed by atoms with Crippen LogP contribution in [0.25, 0.3) is 0 Å². The standard InChI is InChI=1S/C12H18N2S/c1-10-3-2-4-11(7-10)14(6-5-13)12-8-15-9-12/h2-4,7,12H,5-6,8-9,13H2,1H3. The van der Waals surface area contributed by atoms with Crippen LogP contribution in [0.3, 0.4) is 0 Å². The van der Waals surface area contributed by atoms with Crippen LogP contribution in [0.1, 0.15) is 5.56 Å². The lowest BCUT2D eigenvalue weighted by Crippen LogP contribution is -2.46. The van der Waals surface area contributed by atoms with Gasteiger partial charge in [0.25, 0.3) is 0 Å². The van der Waals surface area contributed by atoms with Gasteiger partial charge in [0.15, 0.2) is 0 Å². The molecule has 2 rings (SSSR count). The second kappa shape index (κ2) is 4.90. The Bertz CT molecular complexity index is 323. The van der Waals surface area contributed by atoms with Crippen molar-refractivity contribution in [3.63, 3.8) is 0 Å². The molecule has 0 bridgehead atoms. The SMILES string of the molecule is Cc1cccc(N(CCN)C2CSC2)c1. The monoisotopic (exact) mass is 222 g/mol. The molecule has 82 valence electrons. The van der Waals surface area contributed by atoms with Gasteiger partial charge in [-0.05, 0) is 24.6 Å². The number of aryl methyl sites for hydroxylation is 1. The Hall–Kier alpha value is -0.670. The molecule has 0 radical (unpaired) electrons. The van der Waals surface area contributed by atoms with Crippen LogP contribution >= 0.6 is 11.8 Å². The molecular formula is C12H18N2S. The molecule has 15 heavy (non-hydrogen) atoms. The fourth-order valence-electron chi connectivity index (χ4n) is 1.87. The maximum atomic E-state index is 5.67. The highest BCUT2D eigenvalue weighted by atomic mass is 32.2. The Balaban J connectivity index is 2.15. The van der Waals surface area contributed by atoms with Crippen molar-refractivity contribution in [1.29, 1.82) is 0 Å². The quantitative estimate of drug-likeness (QED) is 0.843. The molecule has 1 aromatic rings. The number of rotatable bonds is 4. The molecule has 1 aromatic carbocycles. The summed E-state index contributed by atoms with van der Waals surface area (Å²) in [5.74, 6) is 2.49. The number of hydrogen-bond donors (Lipinski definition) is 1. The van der Waals surface area contributed by atoms with Gasteiger partial charge in [0.2, 0.25) is 0 Å². The molecule has 0 atom stereocenters. The second-order valence-electron chi connectivity index (χ2n) is 4.01. The fourth-order valence-corrected chi connectivity index (χ4v) is 2.68. The second-order valence-corrected chi connectivity index (χ2v) is 5.09. The first-order valence-corrected chi connectivity index (χ1v) is 6.58. The number of hydrogen-bond acceptors (Lipinski definition) is 3. The molecule has 0 amide bonds. The van der Waals surface area contributed by atoms with E-state index >= 15 is 0 Å². The van der Waals surface area contributed by atoms with Gasteiger partial charge in [-0.2, -0.15) is 11.8 Å². The average molecular weight is 222 g/mol. The zero-order valence-corrected chi connectivity index (χ0v) is 9.96. The van der Waals surface area contributed by atoms with E-state index in [9.17, 15) is 0 Å². The van der Waals surface area contributed by atoms with Gasteiger partial charge in [0.1, 0.15) is 0 Å². The minimum atomic E-state index is 0.695. The predicted molar refractivity (Wildman–Crippen MR) is 68.7 cm³/mol. The largest absolute Gasteiger partial charge is 0.366 e. The summed E-state index contributed by atoms with van der Waals surface area (Å²) in [5, 5.41) is 0. The Morgan fingerprint density at radius 2 is 2.27 bits per heavy atom. The van der Waals surface area contributed by atoms with Crippen molar-refractivity contribution in [2.24, 2.45) is 5.73 Å². The summed E-state index contributed by atoms with van der Waals surface area (Å²) >= 11 is 2.02. The molecule has 2 nitrogen and oxygen atoms in total. The van der Waals surface area contributed by atoms with E-state index < -0.39 is 0 Å². The van der Waals surface area contributed by atoms with Crippen molar-refractivity contribution in [1.82, 2.24) is 0 Å². The van der Waals surface area contributed by atoms with Crippen molar-refractivity contribution in [2.75, 3.05) is 29.5 Å². The molecule has 1 saturated heterocycles. The number of anilines is 1. The molecule has 2 N–H and O–H groups in total. The highest BCUT2D eigenvalue weighted by Gasteiger charge is 2.25. The first kappa shape index (κ1) is 10.8. The van der Waals surface area contributed by atoms with Crippen molar-refractivity contribution in [3.8, 4) is 0 Å². The topological polar surface area (TPSA) is 29.3 Å². The number of benzene rings is 1. The van der Waals surface area contributed by atoms with Crippen LogP contribution in [0, 0.1) is 6.92 Å². The van der Waals surface area contributed by atoms with Crippen LogP contribution in [0.4, 0.5) is 5.69 Å². The molecule has 1 aliphatic rings. The summed E-state index contributed by atoms with van der Waals surface area (Å²) in [5.41, 5.74) is 8.32. The van der Waals surface area contributed by atoms with Gasteiger partial charge in [0, 0.05) is 36.3 Å². The van der Waals surface area contributed by atoms with Crippen LogP contribution in [-0.2, 0) is 0 Å². The smallest absolute Gasteiger partial charge is 0.0471 e. The van der Waals surface area contributed by atoms with E-state index in [4.69, 9.17) is 5.73 Å². The maximum absolute atomic E-state index is 5.67. The number of thioether (sulfide) groups is 1. The Labute approximate surface area is 95.8 Å². The van der Waals surface area contributed by atoms with Crippen LogP contribution in [0.15, 0.2) is 24.3 Å². The van der Waals surface area contributed by atoms with Gasteiger partial charge in [-0.25, -0.2) is 0 Å². The molecule has 3 heteroatoms. The van der Waals surface area contributed by atoms with Crippen LogP contribution < -0.4 is 10.6 Å². The molecule has 1 fully saturated rings. The van der Waals surface area contributed by atoms with Crippen molar-refractivity contribution >= 4 is 17.4 Å². The van der Waals surface area contributed by atoms with E-state index in [-0.39, 0.29) is 0 Å². The molecule has 0 aliphatic carbocycles. The molecule has 0 spiro atoms. The van der Waals surface area contributed by atoms with E-state index in [1.165, 1.54) is 22.8 Å². The molecular weight excluding hydrogens is 204 g/mol. The Kier molecular flexibility index (Phi) is 3.54. The van der Waals surface area contributed by atoms with Crippen LogP contribution in [-0.4, -0.2) is 30.6 Å². The third kappa shape index (κ3) is 2.47. The lowest BCUT2D eigenvalue weighted by molar-refractivity contribution is 0.677. The van der Waals surface area contributed by atoms with E-state index in [2.05, 4.69) is 36.1 Å². The fraction of sp³-hybridized carbons (Fsp3) is 0.500. The Morgan fingerprint density at radius 1 is 1.47 bits per heavy atom. The van der Waals surface area contributed by atoms with Gasteiger partial charge in [-0.1, -0.05) is 12.1 Å². The van der Waals surface area contributed by atoms with Crippen LogP contribution in [0.2, 0.25) is 0 Å². The van der Waals surface area contributed by atoms with E-state index in [0.717, 1.165) is 13.1 Å². The number of nitrogens with zero attached hydrogens (tertiary/aromatic N) is 1. The minimum Gasteiger partial charge on any atom is -0.366 e. The third-order valence-electron chi connectivity index (χ3n) is 2.76. The molecule has 0 saturated carbocycles. The average Bonchev–Trinajstić information content (AvgIpc) is 2.14. The summed E-state index contributed by atoms with van der Waals surface area (Å²) in [7, 11) is 0. The first-order chi connectivity index (χ1) is 7.31. The first-order valence-electron chi connectivity index (χ1n) is 5.42. The van der Waals surface area contributed by atoms with Crippen LogP contribution in [0.5, 0.6) is 0 Å². The van der Waals surface area contributed by atoms with Gasteiger partial charge < -0.3 is 10.6 Å². The number of nitrogens with two attached hydrogens (primary N) is 1. The lowest BCUT2D eigenvalue weighted by Gasteiger charge is -2.38. The van der Waals surface area contributed by atoms with E-state index in [0.29, 0.717) is 6.04 Å².